The Balaban J connectivity index is 2.14. The molecule has 0 radical (unpaired) electrons. The number of rotatable bonds is 4. The van der Waals surface area contributed by atoms with Crippen molar-refractivity contribution in [1.82, 2.24) is 9.78 Å². The zero-order valence-electron chi connectivity index (χ0n) is 13.3. The fourth-order valence-corrected chi connectivity index (χ4v) is 2.80. The molecule has 23 heavy (non-hydrogen) atoms. The molecule has 0 saturated carbocycles. The summed E-state index contributed by atoms with van der Waals surface area (Å²) in [6, 6.07) is 14.3. The number of phenols is 2. The van der Waals surface area contributed by atoms with E-state index >= 15 is 0 Å². The van der Waals surface area contributed by atoms with E-state index in [4.69, 9.17) is 5.10 Å². The predicted octanol–water partition coefficient (Wildman–Crippen LogP) is 4.35. The van der Waals surface area contributed by atoms with Gasteiger partial charge in [-0.25, -0.2) is 0 Å². The van der Waals surface area contributed by atoms with Crippen LogP contribution in [-0.4, -0.2) is 20.0 Å². The van der Waals surface area contributed by atoms with Gasteiger partial charge in [0.25, 0.3) is 0 Å². The van der Waals surface area contributed by atoms with Crippen molar-refractivity contribution in [3.8, 4) is 34.0 Å². The van der Waals surface area contributed by atoms with E-state index in [2.05, 4.69) is 13.8 Å². The largest absolute Gasteiger partial charge is 0.508 e. The lowest BCUT2D eigenvalue weighted by Crippen LogP contribution is -2.01. The number of nitrogens with zero attached hydrogens (tertiary/aromatic N) is 2. The highest BCUT2D eigenvalue weighted by molar-refractivity contribution is 5.74. The van der Waals surface area contributed by atoms with Crippen LogP contribution >= 0.6 is 0 Å². The number of aromatic hydroxyl groups is 2. The minimum absolute atomic E-state index is 0.248. The standard InChI is InChI=1S/C19H20N2O2/c1-3-12-21-19(15-6-10-17(23)11-7-15)13(2)18(20-21)14-4-8-16(22)9-5-14/h4-11,22-23H,3,12H2,1-2H3. The minimum atomic E-state index is 0.248. The molecule has 0 atom stereocenters. The molecule has 0 saturated heterocycles. The summed E-state index contributed by atoms with van der Waals surface area (Å²) in [5.41, 5.74) is 5.09. The lowest BCUT2D eigenvalue weighted by molar-refractivity contribution is 0.475. The Kier molecular flexibility index (Phi) is 4.06. The van der Waals surface area contributed by atoms with Crippen LogP contribution < -0.4 is 0 Å². The van der Waals surface area contributed by atoms with Crippen LogP contribution in [0.4, 0.5) is 0 Å². The second kappa shape index (κ2) is 6.16. The second-order valence-corrected chi connectivity index (χ2v) is 5.64. The average Bonchev–Trinajstić information content (AvgIpc) is 2.86. The lowest BCUT2D eigenvalue weighted by Gasteiger charge is -2.07. The van der Waals surface area contributed by atoms with Crippen molar-refractivity contribution in [3.63, 3.8) is 0 Å². The molecule has 2 aromatic carbocycles. The van der Waals surface area contributed by atoms with Gasteiger partial charge in [0, 0.05) is 23.2 Å². The van der Waals surface area contributed by atoms with Crippen molar-refractivity contribution in [2.24, 2.45) is 0 Å². The third kappa shape index (κ3) is 2.93. The lowest BCUT2D eigenvalue weighted by atomic mass is 10.0. The van der Waals surface area contributed by atoms with Crippen LogP contribution in [0.15, 0.2) is 48.5 Å². The van der Waals surface area contributed by atoms with Crippen LogP contribution in [-0.2, 0) is 6.54 Å². The zero-order valence-corrected chi connectivity index (χ0v) is 13.3. The summed E-state index contributed by atoms with van der Waals surface area (Å²) in [5, 5.41) is 23.8. The minimum Gasteiger partial charge on any atom is -0.508 e. The van der Waals surface area contributed by atoms with Gasteiger partial charge >= 0.3 is 0 Å². The summed E-state index contributed by atoms with van der Waals surface area (Å²) in [6.45, 7) is 5.01. The Hall–Kier alpha value is -2.75. The van der Waals surface area contributed by atoms with Gasteiger partial charge < -0.3 is 10.2 Å². The molecule has 0 aliphatic rings. The van der Waals surface area contributed by atoms with Gasteiger partial charge in [-0.2, -0.15) is 5.10 Å². The van der Waals surface area contributed by atoms with E-state index in [1.807, 2.05) is 28.9 Å². The molecule has 1 aromatic heterocycles. The number of hydrogen-bond acceptors (Lipinski definition) is 3. The van der Waals surface area contributed by atoms with E-state index in [-0.39, 0.29) is 11.5 Å². The Morgan fingerprint density at radius 1 is 0.870 bits per heavy atom. The molecule has 4 nitrogen and oxygen atoms in total. The third-order valence-corrected chi connectivity index (χ3v) is 3.91. The number of phenolic OH excluding ortho intramolecular Hbond substituents is 2. The van der Waals surface area contributed by atoms with E-state index in [1.165, 1.54) is 0 Å². The summed E-state index contributed by atoms with van der Waals surface area (Å²) >= 11 is 0. The number of benzene rings is 2. The molecule has 0 unspecified atom stereocenters. The predicted molar refractivity (Wildman–Crippen MR) is 91.5 cm³/mol. The van der Waals surface area contributed by atoms with Crippen molar-refractivity contribution in [1.29, 1.82) is 0 Å². The van der Waals surface area contributed by atoms with Crippen LogP contribution in [0.3, 0.4) is 0 Å². The normalized spacial score (nSPS) is 10.9. The summed E-state index contributed by atoms with van der Waals surface area (Å²) in [7, 11) is 0. The highest BCUT2D eigenvalue weighted by Gasteiger charge is 2.17. The van der Waals surface area contributed by atoms with Crippen LogP contribution in [0.2, 0.25) is 0 Å². The topological polar surface area (TPSA) is 58.3 Å². The first-order valence-corrected chi connectivity index (χ1v) is 7.76. The number of aromatic nitrogens is 2. The quantitative estimate of drug-likeness (QED) is 0.753. The van der Waals surface area contributed by atoms with Gasteiger partial charge in [-0.3, -0.25) is 4.68 Å². The summed E-state index contributed by atoms with van der Waals surface area (Å²) in [6.07, 6.45) is 0.987. The van der Waals surface area contributed by atoms with Gasteiger partial charge in [0.1, 0.15) is 11.5 Å². The van der Waals surface area contributed by atoms with Gasteiger partial charge in [-0.15, -0.1) is 0 Å². The van der Waals surface area contributed by atoms with E-state index in [0.717, 1.165) is 41.0 Å². The van der Waals surface area contributed by atoms with E-state index < -0.39 is 0 Å². The first-order chi connectivity index (χ1) is 11.1. The molecule has 0 aliphatic heterocycles. The van der Waals surface area contributed by atoms with Crippen molar-refractivity contribution in [3.05, 3.63) is 54.1 Å². The molecule has 1 heterocycles. The molecule has 3 rings (SSSR count). The molecular formula is C19H20N2O2. The van der Waals surface area contributed by atoms with Crippen molar-refractivity contribution >= 4 is 0 Å². The first kappa shape index (κ1) is 15.2. The smallest absolute Gasteiger partial charge is 0.115 e. The van der Waals surface area contributed by atoms with Crippen LogP contribution in [0.1, 0.15) is 18.9 Å². The maximum Gasteiger partial charge on any atom is 0.115 e. The molecule has 0 aliphatic carbocycles. The molecular weight excluding hydrogens is 288 g/mol. The van der Waals surface area contributed by atoms with Gasteiger partial charge in [0.15, 0.2) is 0 Å². The Morgan fingerprint density at radius 3 is 1.91 bits per heavy atom. The van der Waals surface area contributed by atoms with Crippen molar-refractivity contribution < 1.29 is 10.2 Å². The molecule has 3 aromatic rings. The Labute approximate surface area is 135 Å². The van der Waals surface area contributed by atoms with Crippen LogP contribution in [0.5, 0.6) is 11.5 Å². The van der Waals surface area contributed by atoms with E-state index in [0.29, 0.717) is 0 Å². The Morgan fingerprint density at radius 2 is 1.39 bits per heavy atom. The fraction of sp³-hybridized carbons (Fsp3) is 0.211. The highest BCUT2D eigenvalue weighted by Crippen LogP contribution is 2.33. The van der Waals surface area contributed by atoms with E-state index in [9.17, 15) is 10.2 Å². The van der Waals surface area contributed by atoms with Crippen molar-refractivity contribution in [2.75, 3.05) is 0 Å². The van der Waals surface area contributed by atoms with Gasteiger partial charge in [-0.1, -0.05) is 6.92 Å². The van der Waals surface area contributed by atoms with E-state index in [1.54, 1.807) is 24.3 Å². The maximum absolute atomic E-state index is 9.51. The van der Waals surface area contributed by atoms with Crippen molar-refractivity contribution in [2.45, 2.75) is 26.8 Å². The molecule has 118 valence electrons. The second-order valence-electron chi connectivity index (χ2n) is 5.64. The molecule has 0 amide bonds. The molecule has 0 fully saturated rings. The van der Waals surface area contributed by atoms with Crippen LogP contribution in [0, 0.1) is 6.92 Å². The SMILES string of the molecule is CCCn1nc(-c2ccc(O)cc2)c(C)c1-c1ccc(O)cc1. The Bertz CT molecular complexity index is 803. The zero-order chi connectivity index (χ0) is 16.4. The molecule has 2 N–H and O–H groups in total. The summed E-state index contributed by atoms with van der Waals surface area (Å²) < 4.78 is 2.02. The van der Waals surface area contributed by atoms with Crippen LogP contribution in [0.25, 0.3) is 22.5 Å². The first-order valence-electron chi connectivity index (χ1n) is 7.76. The average molecular weight is 308 g/mol. The number of hydrogen-bond donors (Lipinski definition) is 2. The fourth-order valence-electron chi connectivity index (χ4n) is 2.80. The number of aryl methyl sites for hydroxylation is 1. The molecule has 0 bridgehead atoms. The van der Waals surface area contributed by atoms with Gasteiger partial charge in [0.05, 0.1) is 11.4 Å². The summed E-state index contributed by atoms with van der Waals surface area (Å²) in [5.74, 6) is 0.505. The van der Waals surface area contributed by atoms with Gasteiger partial charge in [-0.05, 0) is 61.9 Å². The molecule has 4 heteroatoms. The maximum atomic E-state index is 9.51. The monoisotopic (exact) mass is 308 g/mol. The highest BCUT2D eigenvalue weighted by atomic mass is 16.3. The van der Waals surface area contributed by atoms with Gasteiger partial charge in [0.2, 0.25) is 0 Å². The third-order valence-electron chi connectivity index (χ3n) is 3.91. The molecule has 0 spiro atoms. The summed E-state index contributed by atoms with van der Waals surface area (Å²) in [4.78, 5) is 0.